The van der Waals surface area contributed by atoms with Gasteiger partial charge in [0.1, 0.15) is 31.3 Å². The lowest BCUT2D eigenvalue weighted by molar-refractivity contribution is -0.173. The minimum atomic E-state index is -4.39. The van der Waals surface area contributed by atoms with Gasteiger partial charge < -0.3 is 19.4 Å². The Morgan fingerprint density at radius 1 is 1.13 bits per heavy atom. The molecule has 1 N–H and O–H groups in total. The Labute approximate surface area is 175 Å². The summed E-state index contributed by atoms with van der Waals surface area (Å²) in [6, 6.07) is 14.2. The first-order valence-electron chi connectivity index (χ1n) is 9.05. The van der Waals surface area contributed by atoms with Gasteiger partial charge >= 0.3 is 6.18 Å². The molecule has 1 aromatic heterocycles. The van der Waals surface area contributed by atoms with E-state index in [1.54, 1.807) is 28.8 Å². The van der Waals surface area contributed by atoms with E-state index in [1.165, 1.54) is 0 Å². The quantitative estimate of drug-likeness (QED) is 0.510. The molecule has 0 aliphatic rings. The van der Waals surface area contributed by atoms with Gasteiger partial charge in [-0.1, -0.05) is 23.7 Å². The van der Waals surface area contributed by atoms with Gasteiger partial charge in [-0.3, -0.25) is 4.79 Å². The Morgan fingerprint density at radius 2 is 1.87 bits per heavy atom. The Bertz CT molecular complexity index is 990. The van der Waals surface area contributed by atoms with Crippen LogP contribution in [-0.2, 0) is 22.7 Å². The molecule has 0 fully saturated rings. The number of rotatable bonds is 9. The van der Waals surface area contributed by atoms with Crippen molar-refractivity contribution in [3.05, 3.63) is 59.4 Å². The predicted molar refractivity (Wildman–Crippen MR) is 105 cm³/mol. The summed E-state index contributed by atoms with van der Waals surface area (Å²) in [5, 5.41) is 3.13. The van der Waals surface area contributed by atoms with Gasteiger partial charge in [0.25, 0.3) is 0 Å². The Morgan fingerprint density at radius 3 is 2.60 bits per heavy atom. The molecule has 0 aliphatic carbocycles. The maximum absolute atomic E-state index is 12.3. The summed E-state index contributed by atoms with van der Waals surface area (Å²) in [6.45, 7) is -1.54. The van der Waals surface area contributed by atoms with Gasteiger partial charge in [0.15, 0.2) is 0 Å². The van der Waals surface area contributed by atoms with Crippen molar-refractivity contribution in [2.75, 3.05) is 19.8 Å². The molecule has 0 saturated heterocycles. The second kappa shape index (κ2) is 9.82. The van der Waals surface area contributed by atoms with E-state index >= 15 is 0 Å². The number of benzene rings is 2. The van der Waals surface area contributed by atoms with Crippen LogP contribution in [0.5, 0.6) is 5.75 Å². The average molecular weight is 442 g/mol. The summed E-state index contributed by atoms with van der Waals surface area (Å²) in [4.78, 5) is 16.8. The summed E-state index contributed by atoms with van der Waals surface area (Å²) in [7, 11) is 0. The third-order valence-corrected chi connectivity index (χ3v) is 4.30. The lowest BCUT2D eigenvalue weighted by atomic mass is 10.3. The molecule has 0 aliphatic heterocycles. The Balaban J connectivity index is 1.62. The number of fused-ring (bicyclic) bond motifs is 1. The van der Waals surface area contributed by atoms with Gasteiger partial charge in [0.05, 0.1) is 17.6 Å². The maximum atomic E-state index is 12.3. The zero-order valence-electron chi connectivity index (χ0n) is 15.8. The van der Waals surface area contributed by atoms with E-state index in [0.717, 1.165) is 5.52 Å². The lowest BCUT2D eigenvalue weighted by Crippen LogP contribution is -2.32. The largest absolute Gasteiger partial charge is 0.486 e. The highest BCUT2D eigenvalue weighted by Gasteiger charge is 2.27. The number of amides is 1. The van der Waals surface area contributed by atoms with Crippen LogP contribution in [0.3, 0.4) is 0 Å². The fourth-order valence-corrected chi connectivity index (χ4v) is 2.87. The smallest absolute Gasteiger partial charge is 0.411 e. The normalized spacial score (nSPS) is 11.6. The van der Waals surface area contributed by atoms with Gasteiger partial charge in [-0.05, 0) is 36.4 Å². The molecule has 2 aromatic carbocycles. The van der Waals surface area contributed by atoms with E-state index in [2.05, 4.69) is 15.0 Å². The molecule has 10 heteroatoms. The van der Waals surface area contributed by atoms with Gasteiger partial charge in [-0.25, -0.2) is 4.98 Å². The summed E-state index contributed by atoms with van der Waals surface area (Å²) in [6.07, 6.45) is -4.39. The van der Waals surface area contributed by atoms with Gasteiger partial charge in [0.2, 0.25) is 5.91 Å². The lowest BCUT2D eigenvalue weighted by Gasteiger charge is -2.12. The van der Waals surface area contributed by atoms with E-state index in [1.807, 2.05) is 24.3 Å². The predicted octanol–water partition coefficient (Wildman–Crippen LogP) is 3.96. The van der Waals surface area contributed by atoms with Crippen molar-refractivity contribution >= 4 is 28.5 Å². The molecule has 0 spiro atoms. The van der Waals surface area contributed by atoms with Crippen LogP contribution in [0, 0.1) is 0 Å². The van der Waals surface area contributed by atoms with Crippen molar-refractivity contribution < 1.29 is 27.4 Å². The molecule has 30 heavy (non-hydrogen) atoms. The van der Waals surface area contributed by atoms with Crippen LogP contribution in [0.4, 0.5) is 13.2 Å². The van der Waals surface area contributed by atoms with Gasteiger partial charge in [-0.2, -0.15) is 13.2 Å². The standard InChI is InChI=1S/C20H19ClF3N3O3/c21-14-5-7-15(8-6-14)30-12-18-26-16-3-1-2-4-17(16)27(18)11-19(28)25-9-10-29-13-20(22,23)24/h1-8H,9-13H2,(H,25,28). The number of ether oxygens (including phenoxy) is 2. The summed E-state index contributed by atoms with van der Waals surface area (Å²) in [5.41, 5.74) is 1.45. The van der Waals surface area contributed by atoms with Crippen LogP contribution >= 0.6 is 11.6 Å². The molecule has 0 unspecified atom stereocenters. The van der Waals surface area contributed by atoms with Crippen molar-refractivity contribution in [1.82, 2.24) is 14.9 Å². The highest BCUT2D eigenvalue weighted by atomic mass is 35.5. The number of nitrogens with zero attached hydrogens (tertiary/aromatic N) is 2. The highest BCUT2D eigenvalue weighted by Crippen LogP contribution is 2.20. The van der Waals surface area contributed by atoms with Crippen molar-refractivity contribution in [3.8, 4) is 5.75 Å². The minimum Gasteiger partial charge on any atom is -0.486 e. The Hall–Kier alpha value is -2.78. The number of alkyl halides is 3. The second-order valence-electron chi connectivity index (χ2n) is 6.36. The molecule has 6 nitrogen and oxygen atoms in total. The topological polar surface area (TPSA) is 65.4 Å². The first kappa shape index (κ1) is 21.9. The summed E-state index contributed by atoms with van der Waals surface area (Å²) in [5.74, 6) is 0.764. The number of hydrogen-bond donors (Lipinski definition) is 1. The fourth-order valence-electron chi connectivity index (χ4n) is 2.74. The number of carbonyl (C=O) groups is 1. The molecule has 0 atom stereocenters. The number of nitrogens with one attached hydrogen (secondary N) is 1. The first-order chi connectivity index (χ1) is 14.3. The molecule has 160 valence electrons. The molecule has 1 heterocycles. The molecule has 0 saturated carbocycles. The van der Waals surface area contributed by atoms with Crippen LogP contribution in [0.2, 0.25) is 5.02 Å². The van der Waals surface area contributed by atoms with Crippen LogP contribution in [0.1, 0.15) is 5.82 Å². The molecular formula is C20H19ClF3N3O3. The number of hydrogen-bond acceptors (Lipinski definition) is 4. The number of imidazole rings is 1. The van der Waals surface area contributed by atoms with Crippen LogP contribution in [0.15, 0.2) is 48.5 Å². The molecule has 1 amide bonds. The zero-order chi connectivity index (χ0) is 21.6. The number of para-hydroxylation sites is 2. The molecule has 3 aromatic rings. The molecule has 0 bridgehead atoms. The molecule has 0 radical (unpaired) electrons. The van der Waals surface area contributed by atoms with E-state index in [9.17, 15) is 18.0 Å². The number of halogens is 4. The van der Waals surface area contributed by atoms with Gasteiger partial charge in [0, 0.05) is 11.6 Å². The van der Waals surface area contributed by atoms with Gasteiger partial charge in [-0.15, -0.1) is 0 Å². The van der Waals surface area contributed by atoms with Crippen LogP contribution in [0.25, 0.3) is 11.0 Å². The maximum Gasteiger partial charge on any atom is 0.411 e. The minimum absolute atomic E-state index is 0.0296. The van der Waals surface area contributed by atoms with Crippen LogP contribution in [-0.4, -0.2) is 41.4 Å². The summed E-state index contributed by atoms with van der Waals surface area (Å²) < 4.78 is 48.1. The van der Waals surface area contributed by atoms with E-state index in [-0.39, 0.29) is 32.2 Å². The van der Waals surface area contributed by atoms with Crippen LogP contribution < -0.4 is 10.1 Å². The number of carbonyl (C=O) groups excluding carboxylic acids is 1. The Kier molecular flexibility index (Phi) is 7.17. The highest BCUT2D eigenvalue weighted by molar-refractivity contribution is 6.30. The first-order valence-corrected chi connectivity index (χ1v) is 9.43. The van der Waals surface area contributed by atoms with E-state index in [0.29, 0.717) is 22.1 Å². The van der Waals surface area contributed by atoms with Crippen molar-refractivity contribution in [1.29, 1.82) is 0 Å². The van der Waals surface area contributed by atoms with E-state index < -0.39 is 12.8 Å². The number of aromatic nitrogens is 2. The molecule has 3 rings (SSSR count). The second-order valence-corrected chi connectivity index (χ2v) is 6.80. The monoisotopic (exact) mass is 441 g/mol. The third-order valence-electron chi connectivity index (χ3n) is 4.05. The SMILES string of the molecule is O=C(Cn1c(COc2ccc(Cl)cc2)nc2ccccc21)NCCOCC(F)(F)F. The zero-order valence-corrected chi connectivity index (χ0v) is 16.5. The average Bonchev–Trinajstić information content (AvgIpc) is 3.04. The molecular weight excluding hydrogens is 423 g/mol. The fraction of sp³-hybridized carbons (Fsp3) is 0.300. The summed E-state index contributed by atoms with van der Waals surface area (Å²) >= 11 is 5.87. The van der Waals surface area contributed by atoms with E-state index in [4.69, 9.17) is 16.3 Å². The van der Waals surface area contributed by atoms with Crippen molar-refractivity contribution in [2.24, 2.45) is 0 Å². The van der Waals surface area contributed by atoms with Crippen molar-refractivity contribution in [3.63, 3.8) is 0 Å². The van der Waals surface area contributed by atoms with Crippen molar-refractivity contribution in [2.45, 2.75) is 19.3 Å². The third kappa shape index (κ3) is 6.36.